The van der Waals surface area contributed by atoms with Gasteiger partial charge < -0.3 is 0 Å². The van der Waals surface area contributed by atoms with E-state index in [1.165, 1.54) is 29.3 Å². The topological polar surface area (TPSA) is 71.5 Å². The van der Waals surface area contributed by atoms with Gasteiger partial charge in [0.15, 0.2) is 0 Å². The lowest BCUT2D eigenvalue weighted by Gasteiger charge is -2.14. The lowest BCUT2D eigenvalue weighted by molar-refractivity contribution is 0.0926. The van der Waals surface area contributed by atoms with Crippen LogP contribution >= 0.6 is 11.8 Å². The maximum Gasteiger partial charge on any atom is 0.266 e. The van der Waals surface area contributed by atoms with Gasteiger partial charge in [0.2, 0.25) is 9.84 Å². The molecular formula is C32H23NO4S2. The molecular weight excluding hydrogens is 526 g/mol. The highest BCUT2D eigenvalue weighted by Crippen LogP contribution is 2.34. The minimum absolute atomic E-state index is 0.0303. The van der Waals surface area contributed by atoms with Crippen LogP contribution in [0.25, 0.3) is 10.8 Å². The number of fused-ring (bicyclic) bond motifs is 2. The Morgan fingerprint density at radius 1 is 0.590 bits per heavy atom. The van der Waals surface area contributed by atoms with Crippen molar-refractivity contribution in [2.75, 3.05) is 4.90 Å². The minimum Gasteiger partial charge on any atom is -0.268 e. The number of anilines is 1. The molecule has 0 fully saturated rings. The second-order valence-corrected chi connectivity index (χ2v) is 12.6. The summed E-state index contributed by atoms with van der Waals surface area (Å²) in [5, 5.41) is 1.89. The first-order valence-electron chi connectivity index (χ1n) is 12.3. The number of sulfone groups is 1. The van der Waals surface area contributed by atoms with Crippen LogP contribution in [0.1, 0.15) is 31.8 Å². The lowest BCUT2D eigenvalue weighted by Crippen LogP contribution is -2.29. The summed E-state index contributed by atoms with van der Waals surface area (Å²) >= 11 is 1.56. The smallest absolute Gasteiger partial charge is 0.266 e. The quantitative estimate of drug-likeness (QED) is 0.216. The van der Waals surface area contributed by atoms with Crippen LogP contribution in [-0.2, 0) is 9.84 Å². The average Bonchev–Trinajstić information content (AvgIpc) is 3.19. The van der Waals surface area contributed by atoms with Gasteiger partial charge in [-0.2, -0.15) is 0 Å². The predicted octanol–water partition coefficient (Wildman–Crippen LogP) is 7.24. The van der Waals surface area contributed by atoms with Gasteiger partial charge in [-0.05, 0) is 102 Å². The number of hydrogen-bond acceptors (Lipinski definition) is 5. The van der Waals surface area contributed by atoms with Gasteiger partial charge >= 0.3 is 0 Å². The van der Waals surface area contributed by atoms with Crippen molar-refractivity contribution in [1.82, 2.24) is 0 Å². The molecule has 6 rings (SSSR count). The van der Waals surface area contributed by atoms with Gasteiger partial charge in [-0.15, -0.1) is 0 Å². The molecule has 1 aliphatic rings. The maximum absolute atomic E-state index is 13.5. The number of nitrogens with zero attached hydrogens (tertiary/aromatic N) is 1. The van der Waals surface area contributed by atoms with Crippen molar-refractivity contribution in [1.29, 1.82) is 0 Å². The van der Waals surface area contributed by atoms with E-state index in [4.69, 9.17) is 0 Å². The molecule has 7 heteroatoms. The largest absolute Gasteiger partial charge is 0.268 e. The number of rotatable bonds is 5. The second-order valence-electron chi connectivity index (χ2n) is 9.51. The molecule has 0 saturated heterocycles. The molecule has 1 heterocycles. The van der Waals surface area contributed by atoms with Gasteiger partial charge in [0.1, 0.15) is 0 Å². The Morgan fingerprint density at radius 2 is 1.26 bits per heavy atom. The van der Waals surface area contributed by atoms with E-state index >= 15 is 0 Å². The van der Waals surface area contributed by atoms with E-state index in [1.807, 2.05) is 36.4 Å². The molecule has 0 saturated carbocycles. The summed E-state index contributed by atoms with van der Waals surface area (Å²) in [6, 6.07) is 30.1. The number of imide groups is 1. The minimum atomic E-state index is -3.91. The predicted molar refractivity (Wildman–Crippen MR) is 153 cm³/mol. The molecule has 5 aromatic rings. The van der Waals surface area contributed by atoms with Gasteiger partial charge in [0.05, 0.1) is 26.6 Å². The molecule has 0 N–H and O–H groups in total. The van der Waals surface area contributed by atoms with E-state index in [0.29, 0.717) is 5.69 Å². The summed E-state index contributed by atoms with van der Waals surface area (Å²) in [4.78, 5) is 29.7. The van der Waals surface area contributed by atoms with Crippen LogP contribution in [0.4, 0.5) is 5.69 Å². The summed E-state index contributed by atoms with van der Waals surface area (Å²) in [5.74, 6) is -1.01. The molecule has 0 spiro atoms. The van der Waals surface area contributed by atoms with Gasteiger partial charge in [0.25, 0.3) is 11.8 Å². The van der Waals surface area contributed by atoms with Crippen LogP contribution in [0.2, 0.25) is 0 Å². The number of hydrogen-bond donors (Lipinski definition) is 0. The van der Waals surface area contributed by atoms with E-state index in [0.717, 1.165) is 25.5 Å². The summed E-state index contributed by atoms with van der Waals surface area (Å²) < 4.78 is 26.9. The third kappa shape index (κ3) is 4.43. The van der Waals surface area contributed by atoms with Crippen molar-refractivity contribution in [3.63, 3.8) is 0 Å². The molecule has 0 atom stereocenters. The molecule has 5 nitrogen and oxygen atoms in total. The molecule has 39 heavy (non-hydrogen) atoms. The van der Waals surface area contributed by atoms with Crippen molar-refractivity contribution < 1.29 is 18.0 Å². The van der Waals surface area contributed by atoms with E-state index in [-0.39, 0.29) is 20.9 Å². The Hall–Kier alpha value is -4.20. The number of benzene rings is 5. The highest BCUT2D eigenvalue weighted by atomic mass is 32.2. The van der Waals surface area contributed by atoms with Gasteiger partial charge in [-0.1, -0.05) is 48.2 Å². The molecule has 0 unspecified atom stereocenters. The Balaban J connectivity index is 1.28. The molecule has 1 aliphatic heterocycles. The van der Waals surface area contributed by atoms with E-state index in [2.05, 4.69) is 26.0 Å². The van der Waals surface area contributed by atoms with Gasteiger partial charge in [0, 0.05) is 9.79 Å². The van der Waals surface area contributed by atoms with Gasteiger partial charge in [-0.25, -0.2) is 13.3 Å². The highest BCUT2D eigenvalue weighted by molar-refractivity contribution is 7.99. The first kappa shape index (κ1) is 25.1. The monoisotopic (exact) mass is 549 g/mol. The summed E-state index contributed by atoms with van der Waals surface area (Å²) in [5.41, 5.74) is 3.13. The zero-order valence-corrected chi connectivity index (χ0v) is 22.8. The van der Waals surface area contributed by atoms with Crippen LogP contribution < -0.4 is 4.90 Å². The third-order valence-corrected chi connectivity index (χ3v) is 9.77. The first-order chi connectivity index (χ1) is 18.7. The first-order valence-corrected chi connectivity index (χ1v) is 14.6. The standard InChI is InChI=1S/C32H23NO4S2/c1-20-7-10-26(17-21(20)2)38-25-11-13-27(14-12-25)39(36,37)28-15-16-29-30(19-28)32(35)33(31(29)34)24-9-8-22-5-3-4-6-23(22)18-24/h3-19H,1-2H3. The Labute approximate surface area is 231 Å². The maximum atomic E-state index is 13.5. The van der Waals surface area contributed by atoms with Crippen molar-refractivity contribution in [2.45, 2.75) is 33.4 Å². The number of amides is 2. The number of aryl methyl sites for hydroxylation is 2. The van der Waals surface area contributed by atoms with Crippen molar-refractivity contribution >= 4 is 49.9 Å². The van der Waals surface area contributed by atoms with Crippen LogP contribution in [0.3, 0.4) is 0 Å². The van der Waals surface area contributed by atoms with Crippen molar-refractivity contribution in [2.24, 2.45) is 0 Å². The molecule has 2 amide bonds. The van der Waals surface area contributed by atoms with Crippen LogP contribution in [0.5, 0.6) is 0 Å². The second kappa shape index (κ2) is 9.52. The SMILES string of the molecule is Cc1ccc(Sc2ccc(S(=O)(=O)c3ccc4c(c3)C(=O)N(c3ccc5ccccc5c3)C4=O)cc2)cc1C. The third-order valence-electron chi connectivity index (χ3n) is 7.01. The fourth-order valence-corrected chi connectivity index (χ4v) is 6.88. The van der Waals surface area contributed by atoms with Crippen molar-refractivity contribution in [3.05, 3.63) is 125 Å². The normalized spacial score (nSPS) is 13.2. The average molecular weight is 550 g/mol. The molecule has 5 aromatic carbocycles. The zero-order valence-electron chi connectivity index (χ0n) is 21.2. The van der Waals surface area contributed by atoms with E-state index < -0.39 is 21.7 Å². The molecule has 0 bridgehead atoms. The zero-order chi connectivity index (χ0) is 27.3. The fraction of sp³-hybridized carbons (Fsp3) is 0.0625. The molecule has 0 aliphatic carbocycles. The highest BCUT2D eigenvalue weighted by Gasteiger charge is 2.38. The summed E-state index contributed by atoms with van der Waals surface area (Å²) in [6.07, 6.45) is 0. The lowest BCUT2D eigenvalue weighted by atomic mass is 10.1. The summed E-state index contributed by atoms with van der Waals surface area (Å²) in [7, 11) is -3.91. The fourth-order valence-electron chi connectivity index (χ4n) is 4.67. The molecule has 0 radical (unpaired) electrons. The Kier molecular flexibility index (Phi) is 6.13. The molecule has 192 valence electrons. The van der Waals surface area contributed by atoms with E-state index in [9.17, 15) is 18.0 Å². The van der Waals surface area contributed by atoms with Crippen molar-refractivity contribution in [3.8, 4) is 0 Å². The number of carbonyl (C=O) groups is 2. The van der Waals surface area contributed by atoms with Gasteiger partial charge in [-0.3, -0.25) is 9.59 Å². The Morgan fingerprint density at radius 3 is 2.00 bits per heavy atom. The van der Waals surface area contributed by atoms with Crippen LogP contribution in [-0.4, -0.2) is 20.2 Å². The van der Waals surface area contributed by atoms with Crippen LogP contribution in [0, 0.1) is 13.8 Å². The van der Waals surface area contributed by atoms with E-state index in [1.54, 1.807) is 48.2 Å². The van der Waals surface area contributed by atoms with Crippen LogP contribution in [0.15, 0.2) is 123 Å². The molecule has 0 aromatic heterocycles. The Bertz CT molecular complexity index is 1910. The summed E-state index contributed by atoms with van der Waals surface area (Å²) in [6.45, 7) is 4.12. The number of carbonyl (C=O) groups excluding carboxylic acids is 2.